The number of hydrogen-bond donors (Lipinski definition) is 1. The van der Waals surface area contributed by atoms with Crippen LogP contribution in [0.3, 0.4) is 0 Å². The summed E-state index contributed by atoms with van der Waals surface area (Å²) in [5, 5.41) is 13.9. The van der Waals surface area contributed by atoms with E-state index in [-0.39, 0.29) is 23.6 Å². The van der Waals surface area contributed by atoms with Crippen molar-refractivity contribution in [3.63, 3.8) is 0 Å². The molecule has 1 N–H and O–H groups in total. The Hall–Kier alpha value is -3.60. The third-order valence-corrected chi connectivity index (χ3v) is 8.66. The van der Waals surface area contributed by atoms with E-state index in [1.54, 1.807) is 60.7 Å². The Labute approximate surface area is 227 Å². The van der Waals surface area contributed by atoms with Crippen molar-refractivity contribution in [1.82, 2.24) is 14.8 Å². The quantitative estimate of drug-likeness (QED) is 0.285. The molecule has 2 aliphatic rings. The van der Waals surface area contributed by atoms with E-state index >= 15 is 0 Å². The number of nitrogens with one attached hydrogen (secondary N) is 1. The Morgan fingerprint density at radius 3 is 2.55 bits per heavy atom. The van der Waals surface area contributed by atoms with Gasteiger partial charge in [-0.3, -0.25) is 19.0 Å². The molecule has 8 nitrogen and oxygen atoms in total. The highest BCUT2D eigenvalue weighted by Gasteiger charge is 2.30. The number of thioether (sulfide) groups is 1. The molecule has 2 atom stereocenters. The zero-order valence-corrected chi connectivity index (χ0v) is 22.2. The molecule has 0 radical (unpaired) electrons. The van der Waals surface area contributed by atoms with Gasteiger partial charge >= 0.3 is 0 Å². The number of ether oxygens (including phenoxy) is 1. The minimum atomic E-state index is -0.493. The lowest BCUT2D eigenvalue weighted by molar-refractivity contribution is -0.115. The number of fused-ring (bicyclic) bond motifs is 2. The highest BCUT2D eigenvalue weighted by molar-refractivity contribution is 8.00. The molecule has 38 heavy (non-hydrogen) atoms. The van der Waals surface area contributed by atoms with Crippen molar-refractivity contribution in [2.75, 3.05) is 11.9 Å². The summed E-state index contributed by atoms with van der Waals surface area (Å²) in [6.07, 6.45) is 2.10. The number of aromatic nitrogens is 3. The summed E-state index contributed by atoms with van der Waals surface area (Å²) in [5.74, 6) is 0.110. The first kappa shape index (κ1) is 24.7. The molecule has 3 heterocycles. The van der Waals surface area contributed by atoms with Crippen LogP contribution >= 0.6 is 23.1 Å². The summed E-state index contributed by atoms with van der Waals surface area (Å²) in [4.78, 5) is 40.1. The van der Waals surface area contributed by atoms with Gasteiger partial charge in [-0.2, -0.15) is 0 Å². The third kappa shape index (κ3) is 4.59. The number of carbonyl (C=O) groups excluding carboxylic acids is 3. The van der Waals surface area contributed by atoms with Gasteiger partial charge < -0.3 is 10.1 Å². The second-order valence-corrected chi connectivity index (χ2v) is 11.5. The zero-order chi connectivity index (χ0) is 26.2. The molecule has 1 amide bonds. The summed E-state index contributed by atoms with van der Waals surface area (Å²) in [6.45, 7) is 3.18. The van der Waals surface area contributed by atoms with Gasteiger partial charge in [0.1, 0.15) is 0 Å². The van der Waals surface area contributed by atoms with Crippen LogP contribution in [0.5, 0.6) is 0 Å². The van der Waals surface area contributed by atoms with Crippen molar-refractivity contribution in [2.24, 2.45) is 0 Å². The maximum absolute atomic E-state index is 13.2. The van der Waals surface area contributed by atoms with Gasteiger partial charge in [0.15, 0.2) is 22.5 Å². The van der Waals surface area contributed by atoms with Crippen LogP contribution in [-0.2, 0) is 16.1 Å². The van der Waals surface area contributed by atoms with Crippen molar-refractivity contribution >= 4 is 46.3 Å². The second kappa shape index (κ2) is 10.3. The Balaban J connectivity index is 1.20. The fourth-order valence-corrected chi connectivity index (χ4v) is 6.33. The molecular weight excluding hydrogens is 520 g/mol. The van der Waals surface area contributed by atoms with Gasteiger partial charge in [-0.25, -0.2) is 0 Å². The molecular formula is C28H24N4O4S2. The van der Waals surface area contributed by atoms with Crippen LogP contribution in [0.15, 0.2) is 65.1 Å². The van der Waals surface area contributed by atoms with Gasteiger partial charge in [0.2, 0.25) is 5.91 Å². The standard InChI is InChI=1S/C28H24N4O4S2/c1-16(38-28-31-30-26(23-9-5-13-37-23)32(28)15-18-6-4-12-36-18)27(35)29-17-10-11-21-22(14-17)25(34)20-8-3-2-7-19(20)24(21)33/h2-3,5,7-11,13-14,16,18H,4,6,12,15H2,1H3,(H,29,35). The van der Waals surface area contributed by atoms with Gasteiger partial charge in [0, 0.05) is 34.5 Å². The van der Waals surface area contributed by atoms with Crippen LogP contribution in [-0.4, -0.2) is 50.2 Å². The molecule has 2 unspecified atom stereocenters. The first-order valence-corrected chi connectivity index (χ1v) is 14.1. The molecule has 1 aliphatic heterocycles. The van der Waals surface area contributed by atoms with E-state index in [1.165, 1.54) is 11.8 Å². The topological polar surface area (TPSA) is 103 Å². The van der Waals surface area contributed by atoms with E-state index in [2.05, 4.69) is 15.5 Å². The normalized spacial score (nSPS) is 17.2. The molecule has 6 rings (SSSR count). The van der Waals surface area contributed by atoms with Crippen molar-refractivity contribution in [3.8, 4) is 10.7 Å². The Kier molecular flexibility index (Phi) is 6.69. The minimum absolute atomic E-state index is 0.0917. The molecule has 1 fully saturated rings. The van der Waals surface area contributed by atoms with Crippen LogP contribution < -0.4 is 5.32 Å². The van der Waals surface area contributed by atoms with Crippen molar-refractivity contribution < 1.29 is 19.1 Å². The molecule has 0 saturated carbocycles. The number of nitrogens with zero attached hydrogens (tertiary/aromatic N) is 3. The fourth-order valence-electron chi connectivity index (χ4n) is 4.75. The number of benzene rings is 2. The maximum Gasteiger partial charge on any atom is 0.237 e. The summed E-state index contributed by atoms with van der Waals surface area (Å²) < 4.78 is 7.89. The van der Waals surface area contributed by atoms with E-state index in [0.29, 0.717) is 39.6 Å². The molecule has 192 valence electrons. The molecule has 1 aliphatic carbocycles. The summed E-state index contributed by atoms with van der Waals surface area (Å²) in [6, 6.07) is 15.6. The van der Waals surface area contributed by atoms with E-state index < -0.39 is 5.25 Å². The lowest BCUT2D eigenvalue weighted by atomic mass is 9.84. The second-order valence-electron chi connectivity index (χ2n) is 9.24. The van der Waals surface area contributed by atoms with Gasteiger partial charge in [-0.1, -0.05) is 42.1 Å². The van der Waals surface area contributed by atoms with Crippen LogP contribution in [0, 0.1) is 0 Å². The Morgan fingerprint density at radius 2 is 1.84 bits per heavy atom. The van der Waals surface area contributed by atoms with Crippen LogP contribution in [0.2, 0.25) is 0 Å². The van der Waals surface area contributed by atoms with Crippen LogP contribution in [0.25, 0.3) is 10.7 Å². The molecule has 0 spiro atoms. The largest absolute Gasteiger partial charge is 0.376 e. The number of ketones is 2. The molecule has 2 aromatic carbocycles. The molecule has 10 heteroatoms. The lowest BCUT2D eigenvalue weighted by Gasteiger charge is -2.19. The molecule has 4 aromatic rings. The molecule has 0 bridgehead atoms. The predicted octanol–water partition coefficient (Wildman–Crippen LogP) is 5.08. The van der Waals surface area contributed by atoms with Crippen molar-refractivity contribution in [1.29, 1.82) is 0 Å². The monoisotopic (exact) mass is 544 g/mol. The summed E-state index contributed by atoms with van der Waals surface area (Å²) in [5.41, 5.74) is 1.88. The molecule has 2 aromatic heterocycles. The maximum atomic E-state index is 13.2. The van der Waals surface area contributed by atoms with E-state index in [9.17, 15) is 14.4 Å². The predicted molar refractivity (Wildman–Crippen MR) is 146 cm³/mol. The average molecular weight is 545 g/mol. The van der Waals surface area contributed by atoms with E-state index in [0.717, 1.165) is 30.2 Å². The van der Waals surface area contributed by atoms with Crippen LogP contribution in [0.1, 0.15) is 51.6 Å². The van der Waals surface area contributed by atoms with Gasteiger partial charge in [-0.05, 0) is 49.4 Å². The zero-order valence-electron chi connectivity index (χ0n) is 20.5. The van der Waals surface area contributed by atoms with E-state index in [4.69, 9.17) is 4.74 Å². The van der Waals surface area contributed by atoms with Gasteiger partial charge in [0.25, 0.3) is 0 Å². The number of rotatable bonds is 7. The van der Waals surface area contributed by atoms with Crippen LogP contribution in [0.4, 0.5) is 5.69 Å². The summed E-state index contributed by atoms with van der Waals surface area (Å²) >= 11 is 2.92. The number of thiophene rings is 1. The van der Waals surface area contributed by atoms with Crippen molar-refractivity contribution in [2.45, 2.75) is 42.8 Å². The average Bonchev–Trinajstić information content (AvgIpc) is 3.71. The SMILES string of the molecule is CC(Sc1nnc(-c2cccs2)n1CC1CCCO1)C(=O)Nc1ccc2c(c1)C(=O)c1ccccc1C2=O. The number of carbonyl (C=O) groups is 3. The number of anilines is 1. The Bertz CT molecular complexity index is 1540. The number of amides is 1. The Morgan fingerprint density at radius 1 is 1.08 bits per heavy atom. The van der Waals surface area contributed by atoms with Crippen molar-refractivity contribution in [3.05, 3.63) is 82.2 Å². The van der Waals surface area contributed by atoms with Gasteiger partial charge in [-0.15, -0.1) is 21.5 Å². The smallest absolute Gasteiger partial charge is 0.237 e. The van der Waals surface area contributed by atoms with Gasteiger partial charge in [0.05, 0.1) is 22.8 Å². The number of hydrogen-bond acceptors (Lipinski definition) is 8. The first-order chi connectivity index (χ1) is 18.5. The minimum Gasteiger partial charge on any atom is -0.376 e. The van der Waals surface area contributed by atoms with E-state index in [1.807, 2.05) is 22.1 Å². The lowest BCUT2D eigenvalue weighted by Crippen LogP contribution is -2.25. The fraction of sp³-hybridized carbons (Fsp3) is 0.250. The summed E-state index contributed by atoms with van der Waals surface area (Å²) in [7, 11) is 0. The highest BCUT2D eigenvalue weighted by Crippen LogP contribution is 2.32. The third-order valence-electron chi connectivity index (χ3n) is 6.71. The molecule has 1 saturated heterocycles. The highest BCUT2D eigenvalue weighted by atomic mass is 32.2. The first-order valence-electron chi connectivity index (χ1n) is 12.4.